The molecule has 0 saturated carbocycles. The summed E-state index contributed by atoms with van der Waals surface area (Å²) in [5.41, 5.74) is 4.87. The average molecular weight is 232 g/mol. The Balaban J connectivity index is 0.00000196. The second-order valence-corrected chi connectivity index (χ2v) is 3.49. The van der Waals surface area contributed by atoms with Crippen LogP contribution in [-0.2, 0) is 4.79 Å². The number of ether oxygens (including phenoxy) is 1. The summed E-state index contributed by atoms with van der Waals surface area (Å²) in [6.45, 7) is 2.98. The molecule has 0 radical (unpaired) electrons. The SMILES string of the molecule is CC(C)(Oc1ccc(N)cc1)C(=O)O.Cl. The normalized spacial score (nSPS) is 10.3. The Labute approximate surface area is 94.5 Å². The van der Waals surface area contributed by atoms with Crippen molar-refractivity contribution in [3.63, 3.8) is 0 Å². The van der Waals surface area contributed by atoms with E-state index in [1.807, 2.05) is 0 Å². The molecule has 0 spiro atoms. The van der Waals surface area contributed by atoms with Crippen molar-refractivity contribution >= 4 is 24.1 Å². The van der Waals surface area contributed by atoms with E-state index in [0.29, 0.717) is 11.4 Å². The van der Waals surface area contributed by atoms with Gasteiger partial charge in [-0.1, -0.05) is 0 Å². The predicted molar refractivity (Wildman–Crippen MR) is 60.4 cm³/mol. The zero-order chi connectivity index (χ0) is 10.8. The fourth-order valence-electron chi connectivity index (χ4n) is 0.874. The van der Waals surface area contributed by atoms with Crippen LogP contribution >= 0.6 is 12.4 Å². The lowest BCUT2D eigenvalue weighted by Gasteiger charge is -2.21. The number of benzene rings is 1. The molecule has 0 saturated heterocycles. The number of hydrogen-bond donors (Lipinski definition) is 2. The first kappa shape index (κ1) is 13.6. The molecule has 0 aliphatic carbocycles. The van der Waals surface area contributed by atoms with Gasteiger partial charge in [0, 0.05) is 5.69 Å². The summed E-state index contributed by atoms with van der Waals surface area (Å²) in [4.78, 5) is 10.7. The first-order valence-electron chi connectivity index (χ1n) is 4.20. The maximum Gasteiger partial charge on any atom is 0.347 e. The summed E-state index contributed by atoms with van der Waals surface area (Å²) < 4.78 is 5.26. The minimum atomic E-state index is -1.23. The van der Waals surface area contributed by atoms with E-state index in [2.05, 4.69) is 0 Å². The molecule has 3 N–H and O–H groups in total. The van der Waals surface area contributed by atoms with Crippen LogP contribution in [0.3, 0.4) is 0 Å². The van der Waals surface area contributed by atoms with E-state index in [9.17, 15) is 4.79 Å². The number of nitrogen functional groups attached to an aromatic ring is 1. The summed E-state index contributed by atoms with van der Waals surface area (Å²) in [6, 6.07) is 6.60. The standard InChI is InChI=1S/C10H13NO3.ClH/c1-10(2,9(12)13)14-8-5-3-7(11)4-6-8;/h3-6H,11H2,1-2H3,(H,12,13);1H. The highest BCUT2D eigenvalue weighted by atomic mass is 35.5. The first-order valence-corrected chi connectivity index (χ1v) is 4.20. The lowest BCUT2D eigenvalue weighted by atomic mass is 10.1. The maximum atomic E-state index is 10.7. The van der Waals surface area contributed by atoms with E-state index in [4.69, 9.17) is 15.6 Å². The maximum absolute atomic E-state index is 10.7. The van der Waals surface area contributed by atoms with Gasteiger partial charge in [-0.25, -0.2) is 4.79 Å². The molecule has 0 fully saturated rings. The van der Waals surface area contributed by atoms with E-state index < -0.39 is 11.6 Å². The van der Waals surface area contributed by atoms with Crippen LogP contribution in [0, 0.1) is 0 Å². The van der Waals surface area contributed by atoms with Crippen LogP contribution in [0.25, 0.3) is 0 Å². The second kappa shape index (κ2) is 4.89. The van der Waals surface area contributed by atoms with Gasteiger partial charge in [0.15, 0.2) is 5.60 Å². The number of anilines is 1. The molecule has 0 amide bonds. The number of halogens is 1. The van der Waals surface area contributed by atoms with Gasteiger partial charge in [-0.15, -0.1) is 12.4 Å². The molecule has 0 aliphatic rings. The molecule has 1 aromatic carbocycles. The van der Waals surface area contributed by atoms with Crippen molar-refractivity contribution in [3.8, 4) is 5.75 Å². The highest BCUT2D eigenvalue weighted by molar-refractivity contribution is 5.85. The summed E-state index contributed by atoms with van der Waals surface area (Å²) in [6.07, 6.45) is 0. The molecule has 1 rings (SSSR count). The van der Waals surface area contributed by atoms with E-state index in [0.717, 1.165) is 0 Å². The summed E-state index contributed by atoms with van der Waals surface area (Å²) in [7, 11) is 0. The molecule has 5 heteroatoms. The molecule has 0 aromatic heterocycles. The molecule has 1 aromatic rings. The van der Waals surface area contributed by atoms with Gasteiger partial charge in [-0.2, -0.15) is 0 Å². The molecular weight excluding hydrogens is 218 g/mol. The molecule has 15 heavy (non-hydrogen) atoms. The van der Waals surface area contributed by atoms with Crippen molar-refractivity contribution in [1.82, 2.24) is 0 Å². The van der Waals surface area contributed by atoms with Crippen molar-refractivity contribution in [1.29, 1.82) is 0 Å². The van der Waals surface area contributed by atoms with Crippen molar-refractivity contribution in [2.75, 3.05) is 5.73 Å². The number of aliphatic carboxylic acids is 1. The van der Waals surface area contributed by atoms with Crippen LogP contribution < -0.4 is 10.5 Å². The molecule has 0 atom stereocenters. The summed E-state index contributed by atoms with van der Waals surface area (Å²) in [5, 5.41) is 8.81. The third-order valence-electron chi connectivity index (χ3n) is 1.77. The van der Waals surface area contributed by atoms with Crippen LogP contribution in [0.5, 0.6) is 5.75 Å². The molecule has 0 unspecified atom stereocenters. The molecule has 0 heterocycles. The Hall–Kier alpha value is -1.42. The van der Waals surface area contributed by atoms with Gasteiger partial charge in [0.1, 0.15) is 5.75 Å². The van der Waals surface area contributed by atoms with Crippen LogP contribution in [-0.4, -0.2) is 16.7 Å². The smallest absolute Gasteiger partial charge is 0.347 e. The van der Waals surface area contributed by atoms with Crippen LogP contribution in [0.1, 0.15) is 13.8 Å². The minimum Gasteiger partial charge on any atom is -0.478 e. The molecular formula is C10H14ClNO3. The summed E-state index contributed by atoms with van der Waals surface area (Å²) >= 11 is 0. The van der Waals surface area contributed by atoms with Crippen LogP contribution in [0.15, 0.2) is 24.3 Å². The third kappa shape index (κ3) is 3.67. The lowest BCUT2D eigenvalue weighted by Crippen LogP contribution is -2.37. The largest absolute Gasteiger partial charge is 0.478 e. The van der Waals surface area contributed by atoms with Gasteiger partial charge in [0.05, 0.1) is 0 Å². The number of carboxylic acid groups (broad SMARTS) is 1. The monoisotopic (exact) mass is 231 g/mol. The second-order valence-electron chi connectivity index (χ2n) is 3.49. The lowest BCUT2D eigenvalue weighted by molar-refractivity contribution is -0.152. The Bertz CT molecular complexity index is 335. The van der Waals surface area contributed by atoms with Crippen LogP contribution in [0.4, 0.5) is 5.69 Å². The van der Waals surface area contributed by atoms with Crippen molar-refractivity contribution in [2.24, 2.45) is 0 Å². The zero-order valence-corrected chi connectivity index (χ0v) is 9.38. The van der Waals surface area contributed by atoms with E-state index in [1.54, 1.807) is 24.3 Å². The van der Waals surface area contributed by atoms with Crippen molar-refractivity contribution < 1.29 is 14.6 Å². The topological polar surface area (TPSA) is 72.5 Å². The fraction of sp³-hybridized carbons (Fsp3) is 0.300. The van der Waals surface area contributed by atoms with Crippen molar-refractivity contribution in [2.45, 2.75) is 19.4 Å². The van der Waals surface area contributed by atoms with Gasteiger partial charge in [-0.05, 0) is 38.1 Å². The molecule has 84 valence electrons. The van der Waals surface area contributed by atoms with Gasteiger partial charge >= 0.3 is 5.97 Å². The average Bonchev–Trinajstić information content (AvgIpc) is 2.08. The van der Waals surface area contributed by atoms with Gasteiger partial charge in [-0.3, -0.25) is 0 Å². The van der Waals surface area contributed by atoms with Gasteiger partial charge in [0.2, 0.25) is 0 Å². The highest BCUT2D eigenvalue weighted by Gasteiger charge is 2.29. The first-order chi connectivity index (χ1) is 6.42. The van der Waals surface area contributed by atoms with E-state index in [1.165, 1.54) is 13.8 Å². The fourth-order valence-corrected chi connectivity index (χ4v) is 0.874. The number of nitrogens with two attached hydrogens (primary N) is 1. The number of rotatable bonds is 3. The minimum absolute atomic E-state index is 0. The quantitative estimate of drug-likeness (QED) is 0.780. The Morgan fingerprint density at radius 3 is 2.20 bits per heavy atom. The molecule has 0 bridgehead atoms. The molecule has 0 aliphatic heterocycles. The van der Waals surface area contributed by atoms with Gasteiger partial charge in [0.25, 0.3) is 0 Å². The zero-order valence-electron chi connectivity index (χ0n) is 8.56. The van der Waals surface area contributed by atoms with Crippen molar-refractivity contribution in [3.05, 3.63) is 24.3 Å². The van der Waals surface area contributed by atoms with E-state index in [-0.39, 0.29) is 12.4 Å². The molecule has 4 nitrogen and oxygen atoms in total. The van der Waals surface area contributed by atoms with Crippen LogP contribution in [0.2, 0.25) is 0 Å². The third-order valence-corrected chi connectivity index (χ3v) is 1.77. The number of hydrogen-bond acceptors (Lipinski definition) is 3. The Kier molecular flexibility index (Phi) is 4.42. The highest BCUT2D eigenvalue weighted by Crippen LogP contribution is 2.19. The number of carboxylic acids is 1. The Morgan fingerprint density at radius 1 is 1.33 bits per heavy atom. The predicted octanol–water partition coefficient (Wildman–Crippen LogP) is 1.93. The Morgan fingerprint density at radius 2 is 1.80 bits per heavy atom. The van der Waals surface area contributed by atoms with E-state index >= 15 is 0 Å². The summed E-state index contributed by atoms with van der Waals surface area (Å²) in [5.74, 6) is -0.513. The number of carbonyl (C=O) groups is 1. The van der Waals surface area contributed by atoms with Gasteiger partial charge < -0.3 is 15.6 Å².